The third-order valence-corrected chi connectivity index (χ3v) is 3.82. The van der Waals surface area contributed by atoms with Gasteiger partial charge >= 0.3 is 5.97 Å². The maximum atomic E-state index is 10.4. The van der Waals surface area contributed by atoms with E-state index in [1.165, 1.54) is 64.2 Å². The van der Waals surface area contributed by atoms with Crippen LogP contribution in [0.3, 0.4) is 0 Å². The molecule has 128 valence electrons. The Labute approximate surface area is 137 Å². The lowest BCUT2D eigenvalue weighted by atomic mass is 10.1. The van der Waals surface area contributed by atoms with E-state index in [-0.39, 0.29) is 0 Å². The number of aliphatic carboxylic acids is 1. The summed E-state index contributed by atoms with van der Waals surface area (Å²) in [7, 11) is 0. The number of carboxylic acid groups (broad SMARTS) is 1. The smallest absolute Gasteiger partial charge is 0.303 e. The van der Waals surface area contributed by atoms with E-state index in [9.17, 15) is 4.79 Å². The van der Waals surface area contributed by atoms with Crippen molar-refractivity contribution >= 4 is 5.97 Å². The van der Waals surface area contributed by atoms with Gasteiger partial charge in [0.1, 0.15) is 0 Å². The molecule has 0 aromatic rings. The van der Waals surface area contributed by atoms with Crippen LogP contribution in [-0.2, 0) is 4.79 Å². The summed E-state index contributed by atoms with van der Waals surface area (Å²) in [5, 5.41) is 8.53. The molecular formula is C20H36O2. The first kappa shape index (κ1) is 20.9. The predicted octanol–water partition coefficient (Wildman–Crippen LogP) is 6.66. The molecular weight excluding hydrogens is 272 g/mol. The fourth-order valence-corrected chi connectivity index (χ4v) is 2.45. The van der Waals surface area contributed by atoms with Crippen LogP contribution in [0, 0.1) is 0 Å². The number of unbranched alkanes of at least 4 members (excludes halogenated alkanes) is 10. The first-order valence-corrected chi connectivity index (χ1v) is 9.29. The zero-order chi connectivity index (χ0) is 16.3. The molecule has 0 aliphatic heterocycles. The van der Waals surface area contributed by atoms with Crippen molar-refractivity contribution in [2.75, 3.05) is 0 Å². The summed E-state index contributed by atoms with van der Waals surface area (Å²) in [5.74, 6) is -0.661. The lowest BCUT2D eigenvalue weighted by Crippen LogP contribution is -1.93. The van der Waals surface area contributed by atoms with Crippen LogP contribution in [0.5, 0.6) is 0 Å². The van der Waals surface area contributed by atoms with E-state index in [4.69, 9.17) is 5.11 Å². The molecule has 0 heterocycles. The minimum absolute atomic E-state index is 0.335. The first-order valence-electron chi connectivity index (χ1n) is 9.29. The van der Waals surface area contributed by atoms with E-state index in [1.54, 1.807) is 0 Å². The number of rotatable bonds is 16. The van der Waals surface area contributed by atoms with Gasteiger partial charge in [-0.15, -0.1) is 0 Å². The van der Waals surface area contributed by atoms with Crippen molar-refractivity contribution in [2.24, 2.45) is 0 Å². The fraction of sp³-hybridized carbons (Fsp3) is 0.750. The first-order chi connectivity index (χ1) is 10.8. The van der Waals surface area contributed by atoms with Crippen molar-refractivity contribution in [2.45, 2.75) is 96.8 Å². The number of hydrogen-bond acceptors (Lipinski definition) is 1. The van der Waals surface area contributed by atoms with Crippen LogP contribution in [0.25, 0.3) is 0 Å². The average Bonchev–Trinajstić information content (AvgIpc) is 2.50. The molecule has 0 aliphatic rings. The van der Waals surface area contributed by atoms with Gasteiger partial charge in [-0.3, -0.25) is 4.79 Å². The molecule has 0 saturated carbocycles. The van der Waals surface area contributed by atoms with Crippen LogP contribution in [0.4, 0.5) is 0 Å². The van der Waals surface area contributed by atoms with Crippen LogP contribution < -0.4 is 0 Å². The maximum Gasteiger partial charge on any atom is 0.303 e. The number of carboxylic acids is 1. The molecule has 0 atom stereocenters. The Morgan fingerprint density at radius 1 is 0.727 bits per heavy atom. The second-order valence-corrected chi connectivity index (χ2v) is 6.08. The standard InChI is InChI=1S/C20H36O2/c1-2-3-4-5-6-7-8-9-10-11-12-13-14-15-16-17-18-19-20(21)22/h4-5,7-8H,2-3,6,9-19H2,1H3,(H,21,22)/b5-4-,8-7-. The molecule has 0 rings (SSSR count). The maximum absolute atomic E-state index is 10.4. The molecule has 1 N–H and O–H groups in total. The lowest BCUT2D eigenvalue weighted by molar-refractivity contribution is -0.137. The lowest BCUT2D eigenvalue weighted by Gasteiger charge is -2.01. The van der Waals surface area contributed by atoms with Gasteiger partial charge in [-0.1, -0.05) is 82.6 Å². The highest BCUT2D eigenvalue weighted by atomic mass is 16.4. The molecule has 0 aliphatic carbocycles. The molecule has 0 unspecified atom stereocenters. The summed E-state index contributed by atoms with van der Waals surface area (Å²) in [4.78, 5) is 10.4. The van der Waals surface area contributed by atoms with Gasteiger partial charge in [0.2, 0.25) is 0 Å². The normalized spacial score (nSPS) is 11.7. The Kier molecular flexibility index (Phi) is 17.1. The molecule has 22 heavy (non-hydrogen) atoms. The summed E-state index contributed by atoms with van der Waals surface area (Å²) in [6.45, 7) is 2.21. The zero-order valence-electron chi connectivity index (χ0n) is 14.6. The van der Waals surface area contributed by atoms with E-state index in [2.05, 4.69) is 31.2 Å². The second kappa shape index (κ2) is 18.0. The van der Waals surface area contributed by atoms with Gasteiger partial charge in [-0.05, 0) is 32.1 Å². The van der Waals surface area contributed by atoms with Crippen molar-refractivity contribution < 1.29 is 9.90 Å². The van der Waals surface area contributed by atoms with Gasteiger partial charge in [-0.25, -0.2) is 0 Å². The molecule has 0 radical (unpaired) electrons. The monoisotopic (exact) mass is 308 g/mol. The van der Waals surface area contributed by atoms with Gasteiger partial charge in [-0.2, -0.15) is 0 Å². The third-order valence-electron chi connectivity index (χ3n) is 3.82. The highest BCUT2D eigenvalue weighted by molar-refractivity contribution is 5.66. The van der Waals surface area contributed by atoms with Gasteiger partial charge in [0, 0.05) is 6.42 Å². The molecule has 0 amide bonds. The van der Waals surface area contributed by atoms with Crippen molar-refractivity contribution in [1.29, 1.82) is 0 Å². The molecule has 0 fully saturated rings. The Balaban J connectivity index is 3.11. The topological polar surface area (TPSA) is 37.3 Å². The highest BCUT2D eigenvalue weighted by Crippen LogP contribution is 2.11. The zero-order valence-corrected chi connectivity index (χ0v) is 14.6. The molecule has 0 spiro atoms. The van der Waals surface area contributed by atoms with E-state index in [1.807, 2.05) is 0 Å². The summed E-state index contributed by atoms with van der Waals surface area (Å²) >= 11 is 0. The number of allylic oxidation sites excluding steroid dienone is 4. The van der Waals surface area contributed by atoms with E-state index < -0.39 is 5.97 Å². The van der Waals surface area contributed by atoms with Crippen molar-refractivity contribution in [3.05, 3.63) is 24.3 Å². The Morgan fingerprint density at radius 2 is 1.23 bits per heavy atom. The summed E-state index contributed by atoms with van der Waals surface area (Å²) < 4.78 is 0. The molecule has 2 heteroatoms. The van der Waals surface area contributed by atoms with Crippen LogP contribution in [0.15, 0.2) is 24.3 Å². The van der Waals surface area contributed by atoms with E-state index >= 15 is 0 Å². The van der Waals surface area contributed by atoms with Crippen molar-refractivity contribution in [3.8, 4) is 0 Å². The SMILES string of the molecule is CCC/C=C\C/C=C\CCCCCCCCCCCC(=O)O. The van der Waals surface area contributed by atoms with Gasteiger partial charge in [0.25, 0.3) is 0 Å². The largest absolute Gasteiger partial charge is 0.481 e. The molecule has 0 bridgehead atoms. The number of hydrogen-bond donors (Lipinski definition) is 1. The average molecular weight is 309 g/mol. The fourth-order valence-electron chi connectivity index (χ4n) is 2.45. The minimum Gasteiger partial charge on any atom is -0.481 e. The van der Waals surface area contributed by atoms with Crippen LogP contribution >= 0.6 is 0 Å². The number of carbonyl (C=O) groups is 1. The highest BCUT2D eigenvalue weighted by Gasteiger charge is 1.96. The minimum atomic E-state index is -0.661. The Hall–Kier alpha value is -1.05. The van der Waals surface area contributed by atoms with Gasteiger partial charge < -0.3 is 5.11 Å². The van der Waals surface area contributed by atoms with Crippen molar-refractivity contribution in [1.82, 2.24) is 0 Å². The summed E-state index contributed by atoms with van der Waals surface area (Å²) in [6, 6.07) is 0. The molecule has 2 nitrogen and oxygen atoms in total. The Morgan fingerprint density at radius 3 is 1.77 bits per heavy atom. The summed E-state index contributed by atoms with van der Waals surface area (Å²) in [5.41, 5.74) is 0. The predicted molar refractivity (Wildman–Crippen MR) is 96.2 cm³/mol. The second-order valence-electron chi connectivity index (χ2n) is 6.08. The van der Waals surface area contributed by atoms with Crippen LogP contribution in [-0.4, -0.2) is 11.1 Å². The third kappa shape index (κ3) is 18.9. The van der Waals surface area contributed by atoms with E-state index in [0.29, 0.717) is 6.42 Å². The van der Waals surface area contributed by atoms with E-state index in [0.717, 1.165) is 19.3 Å². The van der Waals surface area contributed by atoms with Gasteiger partial charge in [0.15, 0.2) is 0 Å². The quantitative estimate of drug-likeness (QED) is 0.255. The van der Waals surface area contributed by atoms with Crippen molar-refractivity contribution in [3.63, 3.8) is 0 Å². The van der Waals surface area contributed by atoms with Crippen LogP contribution in [0.2, 0.25) is 0 Å². The summed E-state index contributed by atoms with van der Waals surface area (Å²) in [6.07, 6.45) is 25.2. The molecule has 0 aromatic heterocycles. The van der Waals surface area contributed by atoms with Crippen LogP contribution in [0.1, 0.15) is 96.8 Å². The Bertz CT molecular complexity index is 292. The molecule has 0 saturated heterocycles. The van der Waals surface area contributed by atoms with Gasteiger partial charge in [0.05, 0.1) is 0 Å². The molecule has 0 aromatic carbocycles.